The first-order valence-electron chi connectivity index (χ1n) is 7.70. The smallest absolute Gasteiger partial charge is 0.272 e. The number of aryl methyl sites for hydroxylation is 1. The topological polar surface area (TPSA) is 54.3 Å². The van der Waals surface area contributed by atoms with Crippen LogP contribution in [0, 0.1) is 0 Å². The average Bonchev–Trinajstić information content (AvgIpc) is 3.20. The average molecular weight is 362 g/mol. The molecule has 2 aromatic heterocycles. The predicted molar refractivity (Wildman–Crippen MR) is 96.0 cm³/mol. The largest absolute Gasteiger partial charge is 0.345 e. The third kappa shape index (κ3) is 2.74. The number of thiazole rings is 1. The van der Waals surface area contributed by atoms with Crippen LogP contribution in [0.25, 0.3) is 10.2 Å². The van der Waals surface area contributed by atoms with Crippen LogP contribution in [0.15, 0.2) is 30.5 Å². The maximum Gasteiger partial charge on any atom is 0.272 e. The fourth-order valence-corrected chi connectivity index (χ4v) is 4.16. The molecule has 0 atom stereocenters. The Morgan fingerprint density at radius 3 is 2.71 bits per heavy atom. The fourth-order valence-electron chi connectivity index (χ4n) is 2.87. The van der Waals surface area contributed by atoms with Crippen molar-refractivity contribution in [3.63, 3.8) is 0 Å². The van der Waals surface area contributed by atoms with Crippen LogP contribution in [0.1, 0.15) is 10.5 Å². The Hall–Kier alpha value is -2.12. The van der Waals surface area contributed by atoms with Crippen LogP contribution in [-0.4, -0.2) is 51.8 Å². The molecule has 0 N–H and O–H groups in total. The molecule has 0 spiro atoms. The highest BCUT2D eigenvalue weighted by atomic mass is 35.5. The van der Waals surface area contributed by atoms with Gasteiger partial charge in [-0.3, -0.25) is 9.48 Å². The molecule has 124 valence electrons. The number of fused-ring (bicyclic) bond motifs is 1. The standard InChI is InChI=1S/C16H16ClN5OS/c1-20-13(4-5-18-20)15(23)21-6-8-22(9-7-21)16-19-12-3-2-11(17)10-14(12)24-16/h2-5,10H,6-9H2,1H3. The van der Waals surface area contributed by atoms with Crippen LogP contribution in [0.4, 0.5) is 5.13 Å². The van der Waals surface area contributed by atoms with Crippen LogP contribution in [0.2, 0.25) is 5.02 Å². The minimum absolute atomic E-state index is 0.0331. The molecule has 1 amide bonds. The van der Waals surface area contributed by atoms with Gasteiger partial charge in [0.05, 0.1) is 10.2 Å². The minimum Gasteiger partial charge on any atom is -0.345 e. The summed E-state index contributed by atoms with van der Waals surface area (Å²) in [5.41, 5.74) is 1.59. The highest BCUT2D eigenvalue weighted by Crippen LogP contribution is 2.31. The molecule has 3 aromatic rings. The van der Waals surface area contributed by atoms with Crippen LogP contribution in [0.3, 0.4) is 0 Å². The van der Waals surface area contributed by atoms with Gasteiger partial charge in [0.15, 0.2) is 5.13 Å². The van der Waals surface area contributed by atoms with Gasteiger partial charge < -0.3 is 9.80 Å². The van der Waals surface area contributed by atoms with Crippen molar-refractivity contribution >= 4 is 44.2 Å². The summed E-state index contributed by atoms with van der Waals surface area (Å²) < 4.78 is 2.71. The first-order chi connectivity index (χ1) is 11.6. The Bertz CT molecular complexity index is 897. The summed E-state index contributed by atoms with van der Waals surface area (Å²) in [6, 6.07) is 7.50. The normalized spacial score (nSPS) is 15.2. The predicted octanol–water partition coefficient (Wildman–Crippen LogP) is 2.65. The third-order valence-corrected chi connectivity index (χ3v) is 5.53. The lowest BCUT2D eigenvalue weighted by Crippen LogP contribution is -2.49. The van der Waals surface area contributed by atoms with Crippen molar-refractivity contribution in [3.8, 4) is 0 Å². The van der Waals surface area contributed by atoms with E-state index in [0.29, 0.717) is 18.8 Å². The zero-order chi connectivity index (χ0) is 16.7. The molecule has 0 aliphatic carbocycles. The Kier molecular flexibility index (Phi) is 3.90. The van der Waals surface area contributed by atoms with Crippen LogP contribution in [-0.2, 0) is 7.05 Å². The van der Waals surface area contributed by atoms with Crippen molar-refractivity contribution in [3.05, 3.63) is 41.2 Å². The zero-order valence-corrected chi connectivity index (χ0v) is 14.7. The van der Waals surface area contributed by atoms with Gasteiger partial charge in [0, 0.05) is 44.4 Å². The number of halogens is 1. The number of aromatic nitrogens is 3. The lowest BCUT2D eigenvalue weighted by molar-refractivity contribution is 0.0735. The van der Waals surface area contributed by atoms with Crippen molar-refractivity contribution in [2.45, 2.75) is 0 Å². The van der Waals surface area contributed by atoms with E-state index < -0.39 is 0 Å². The highest BCUT2D eigenvalue weighted by molar-refractivity contribution is 7.22. The van der Waals surface area contributed by atoms with E-state index in [-0.39, 0.29) is 5.91 Å². The Morgan fingerprint density at radius 2 is 2.00 bits per heavy atom. The Balaban J connectivity index is 1.47. The van der Waals surface area contributed by atoms with Crippen LogP contribution in [0.5, 0.6) is 0 Å². The van der Waals surface area contributed by atoms with E-state index in [0.717, 1.165) is 33.5 Å². The molecule has 6 nitrogen and oxygen atoms in total. The number of nitrogens with zero attached hydrogens (tertiary/aromatic N) is 5. The molecule has 0 bridgehead atoms. The van der Waals surface area contributed by atoms with E-state index >= 15 is 0 Å². The number of carbonyl (C=O) groups excluding carboxylic acids is 1. The second-order valence-corrected chi connectivity index (χ2v) is 7.17. The van der Waals surface area contributed by atoms with E-state index in [9.17, 15) is 4.79 Å². The molecule has 0 unspecified atom stereocenters. The maximum absolute atomic E-state index is 12.5. The van der Waals surface area contributed by atoms with E-state index in [1.165, 1.54) is 0 Å². The molecule has 0 radical (unpaired) electrons. The third-order valence-electron chi connectivity index (χ3n) is 4.22. The molecule has 8 heteroatoms. The van der Waals surface area contributed by atoms with Gasteiger partial charge in [-0.15, -0.1) is 0 Å². The van der Waals surface area contributed by atoms with Gasteiger partial charge in [-0.25, -0.2) is 4.98 Å². The van der Waals surface area contributed by atoms with Crippen molar-refractivity contribution in [1.29, 1.82) is 0 Å². The molecule has 1 saturated heterocycles. The number of benzene rings is 1. The number of rotatable bonds is 2. The summed E-state index contributed by atoms with van der Waals surface area (Å²) in [5.74, 6) is 0.0331. The van der Waals surface area contributed by atoms with Gasteiger partial charge in [0.25, 0.3) is 5.91 Å². The molecule has 0 saturated carbocycles. The second kappa shape index (κ2) is 6.07. The van der Waals surface area contributed by atoms with Crippen molar-refractivity contribution in [2.75, 3.05) is 31.1 Å². The number of amides is 1. The van der Waals surface area contributed by atoms with Crippen molar-refractivity contribution in [1.82, 2.24) is 19.7 Å². The monoisotopic (exact) mass is 361 g/mol. The molecule has 1 aliphatic rings. The lowest BCUT2D eigenvalue weighted by Gasteiger charge is -2.34. The summed E-state index contributed by atoms with van der Waals surface area (Å²) >= 11 is 7.68. The number of carbonyl (C=O) groups is 1. The fraction of sp³-hybridized carbons (Fsp3) is 0.312. The van der Waals surface area contributed by atoms with E-state index in [4.69, 9.17) is 11.6 Å². The first kappa shape index (κ1) is 15.4. The number of piperazine rings is 1. The summed E-state index contributed by atoms with van der Waals surface area (Å²) in [5, 5.41) is 5.78. The molecule has 1 aromatic carbocycles. The molecule has 4 rings (SSSR count). The second-order valence-electron chi connectivity index (χ2n) is 5.73. The number of hydrogen-bond donors (Lipinski definition) is 0. The van der Waals surface area contributed by atoms with Gasteiger partial charge in [0.1, 0.15) is 5.69 Å². The molecule has 3 heterocycles. The summed E-state index contributed by atoms with van der Waals surface area (Å²) in [7, 11) is 1.79. The maximum atomic E-state index is 12.5. The van der Waals surface area contributed by atoms with Gasteiger partial charge in [0.2, 0.25) is 0 Å². The van der Waals surface area contributed by atoms with Gasteiger partial charge >= 0.3 is 0 Å². The number of anilines is 1. The Labute approximate surface area is 148 Å². The highest BCUT2D eigenvalue weighted by Gasteiger charge is 2.25. The summed E-state index contributed by atoms with van der Waals surface area (Å²) in [6.45, 7) is 2.91. The molecule has 24 heavy (non-hydrogen) atoms. The van der Waals surface area contributed by atoms with E-state index in [1.54, 1.807) is 35.3 Å². The van der Waals surface area contributed by atoms with E-state index in [1.807, 2.05) is 23.1 Å². The molecular weight excluding hydrogens is 346 g/mol. The number of hydrogen-bond acceptors (Lipinski definition) is 5. The Morgan fingerprint density at radius 1 is 1.21 bits per heavy atom. The quantitative estimate of drug-likeness (QED) is 0.704. The van der Waals surface area contributed by atoms with Gasteiger partial charge in [-0.05, 0) is 24.3 Å². The minimum atomic E-state index is 0.0331. The lowest BCUT2D eigenvalue weighted by atomic mass is 10.3. The summed E-state index contributed by atoms with van der Waals surface area (Å²) in [6.07, 6.45) is 1.65. The van der Waals surface area contributed by atoms with Crippen LogP contribution >= 0.6 is 22.9 Å². The SMILES string of the molecule is Cn1nccc1C(=O)N1CCN(c2nc3ccc(Cl)cc3s2)CC1. The zero-order valence-electron chi connectivity index (χ0n) is 13.1. The van der Waals surface area contributed by atoms with Crippen LogP contribution < -0.4 is 4.90 Å². The molecular formula is C16H16ClN5OS. The van der Waals surface area contributed by atoms with Crippen molar-refractivity contribution < 1.29 is 4.79 Å². The van der Waals surface area contributed by atoms with Gasteiger partial charge in [-0.2, -0.15) is 5.10 Å². The summed E-state index contributed by atoms with van der Waals surface area (Å²) in [4.78, 5) is 21.3. The molecule has 1 fully saturated rings. The first-order valence-corrected chi connectivity index (χ1v) is 8.89. The van der Waals surface area contributed by atoms with Gasteiger partial charge in [-0.1, -0.05) is 22.9 Å². The van der Waals surface area contributed by atoms with E-state index in [2.05, 4.69) is 15.0 Å². The molecule has 1 aliphatic heterocycles. The van der Waals surface area contributed by atoms with Crippen molar-refractivity contribution in [2.24, 2.45) is 7.05 Å².